The van der Waals surface area contributed by atoms with Crippen LogP contribution in [0.4, 0.5) is 0 Å². The minimum Gasteiger partial charge on any atom is -0.384 e. The number of piperidine rings is 1. The number of ether oxygens (including phenoxy) is 2. The predicted octanol–water partition coefficient (Wildman–Crippen LogP) is 2.14. The van der Waals surface area contributed by atoms with E-state index in [0.29, 0.717) is 0 Å². The lowest BCUT2D eigenvalue weighted by Gasteiger charge is -2.31. The fourth-order valence-electron chi connectivity index (χ4n) is 2.76. The van der Waals surface area contributed by atoms with Gasteiger partial charge in [0.15, 0.2) is 0 Å². The minimum absolute atomic E-state index is 0.789. The highest BCUT2D eigenvalue weighted by Gasteiger charge is 2.18. The molecular weight excluding hydrogens is 252 g/mol. The Morgan fingerprint density at radius 2 is 1.75 bits per heavy atom. The molecule has 0 aromatic carbocycles. The van der Waals surface area contributed by atoms with Gasteiger partial charge in [-0.25, -0.2) is 0 Å². The molecule has 0 aromatic heterocycles. The Morgan fingerprint density at radius 3 is 2.40 bits per heavy atom. The summed E-state index contributed by atoms with van der Waals surface area (Å²) in [5, 5.41) is 3.16. The molecule has 20 heavy (non-hydrogen) atoms. The first-order valence-electron chi connectivity index (χ1n) is 8.30. The number of likely N-dealkylation sites (tertiary alicyclic amines) is 1. The number of unbranched alkanes of at least 4 members (excludes halogenated alkanes) is 2. The first-order chi connectivity index (χ1) is 9.86. The van der Waals surface area contributed by atoms with Gasteiger partial charge in [-0.1, -0.05) is 0 Å². The zero-order valence-corrected chi connectivity index (χ0v) is 13.5. The molecule has 0 aromatic rings. The molecule has 1 aliphatic rings. The van der Waals surface area contributed by atoms with E-state index in [-0.39, 0.29) is 0 Å². The van der Waals surface area contributed by atoms with Crippen molar-refractivity contribution < 1.29 is 9.47 Å². The Labute approximate surface area is 125 Å². The van der Waals surface area contributed by atoms with Crippen molar-refractivity contribution in [3.8, 4) is 0 Å². The molecule has 0 spiro atoms. The van der Waals surface area contributed by atoms with Gasteiger partial charge in [-0.15, -0.1) is 0 Å². The summed E-state index contributed by atoms with van der Waals surface area (Å²) in [6.45, 7) is 7.63. The van der Waals surface area contributed by atoms with Gasteiger partial charge in [-0.05, 0) is 77.7 Å². The fraction of sp³-hybridized carbons (Fsp3) is 1.00. The Morgan fingerprint density at radius 1 is 1.05 bits per heavy atom. The van der Waals surface area contributed by atoms with Crippen LogP contribution in [-0.4, -0.2) is 65.1 Å². The van der Waals surface area contributed by atoms with Crippen LogP contribution in [0.3, 0.4) is 0 Å². The second-order valence-electron chi connectivity index (χ2n) is 5.87. The van der Waals surface area contributed by atoms with Gasteiger partial charge in [0.25, 0.3) is 0 Å². The van der Waals surface area contributed by atoms with E-state index in [4.69, 9.17) is 9.47 Å². The zero-order chi connectivity index (χ0) is 14.5. The molecule has 1 N–H and O–H groups in total. The summed E-state index contributed by atoms with van der Waals surface area (Å²) in [6.07, 6.45) is 7.46. The number of rotatable bonds is 12. The largest absolute Gasteiger partial charge is 0.384 e. The van der Waals surface area contributed by atoms with Gasteiger partial charge in [-0.2, -0.15) is 0 Å². The quantitative estimate of drug-likeness (QED) is 0.557. The van der Waals surface area contributed by atoms with E-state index in [9.17, 15) is 0 Å². The van der Waals surface area contributed by atoms with E-state index >= 15 is 0 Å². The highest BCUT2D eigenvalue weighted by Crippen LogP contribution is 2.17. The Kier molecular flexibility index (Phi) is 11.2. The maximum Gasteiger partial charge on any atom is 0.0491 e. The van der Waals surface area contributed by atoms with Gasteiger partial charge < -0.3 is 19.7 Å². The Bertz CT molecular complexity index is 207. The smallest absolute Gasteiger partial charge is 0.0491 e. The molecule has 0 amide bonds. The Balaban J connectivity index is 1.83. The lowest BCUT2D eigenvalue weighted by atomic mass is 9.98. The van der Waals surface area contributed by atoms with Gasteiger partial charge in [0, 0.05) is 26.9 Å². The third-order valence-corrected chi connectivity index (χ3v) is 4.09. The van der Waals surface area contributed by atoms with Gasteiger partial charge in [0.1, 0.15) is 0 Å². The summed E-state index contributed by atoms with van der Waals surface area (Å²) in [6, 6.07) is 0. The maximum atomic E-state index is 5.66. The van der Waals surface area contributed by atoms with Crippen molar-refractivity contribution in [2.75, 3.05) is 60.2 Å². The number of methoxy groups -OCH3 is 1. The van der Waals surface area contributed by atoms with Crippen molar-refractivity contribution in [2.24, 2.45) is 5.92 Å². The molecule has 0 unspecified atom stereocenters. The molecule has 120 valence electrons. The van der Waals surface area contributed by atoms with Crippen LogP contribution in [0, 0.1) is 5.92 Å². The molecule has 1 rings (SSSR count). The third kappa shape index (κ3) is 8.90. The van der Waals surface area contributed by atoms with Gasteiger partial charge in [0.05, 0.1) is 0 Å². The van der Waals surface area contributed by atoms with E-state index in [2.05, 4.69) is 10.2 Å². The van der Waals surface area contributed by atoms with Crippen LogP contribution >= 0.6 is 0 Å². The second-order valence-corrected chi connectivity index (χ2v) is 5.87. The lowest BCUT2D eigenvalue weighted by molar-refractivity contribution is 0.0942. The number of nitrogens with one attached hydrogen (secondary N) is 1. The summed E-state index contributed by atoms with van der Waals surface area (Å²) in [4.78, 5) is 2.60. The van der Waals surface area contributed by atoms with E-state index in [1.54, 1.807) is 0 Å². The van der Waals surface area contributed by atoms with Crippen LogP contribution < -0.4 is 5.32 Å². The van der Waals surface area contributed by atoms with E-state index in [0.717, 1.165) is 32.3 Å². The van der Waals surface area contributed by atoms with Crippen LogP contribution in [0.15, 0.2) is 0 Å². The van der Waals surface area contributed by atoms with Crippen LogP contribution in [0.5, 0.6) is 0 Å². The monoisotopic (exact) mass is 286 g/mol. The fourth-order valence-corrected chi connectivity index (χ4v) is 2.76. The summed E-state index contributed by atoms with van der Waals surface area (Å²) in [5.41, 5.74) is 0. The molecule has 0 saturated carbocycles. The topological polar surface area (TPSA) is 33.7 Å². The van der Waals surface area contributed by atoms with Crippen molar-refractivity contribution in [2.45, 2.75) is 38.5 Å². The standard InChI is InChI=1S/C16H34N2O2/c1-17-9-3-5-13-20-14-6-4-10-18-11-7-16(8-12-18)15-19-2/h16-17H,3-15H2,1-2H3. The molecule has 1 saturated heterocycles. The first-order valence-corrected chi connectivity index (χ1v) is 8.30. The van der Waals surface area contributed by atoms with Crippen molar-refractivity contribution in [3.63, 3.8) is 0 Å². The summed E-state index contributed by atoms with van der Waals surface area (Å²) in [7, 11) is 3.81. The van der Waals surface area contributed by atoms with Crippen molar-refractivity contribution in [3.05, 3.63) is 0 Å². The summed E-state index contributed by atoms with van der Waals surface area (Å²) >= 11 is 0. The normalized spacial score (nSPS) is 17.7. The van der Waals surface area contributed by atoms with Crippen molar-refractivity contribution >= 4 is 0 Å². The van der Waals surface area contributed by atoms with Crippen LogP contribution in [0.1, 0.15) is 38.5 Å². The second kappa shape index (κ2) is 12.6. The number of nitrogens with zero attached hydrogens (tertiary/aromatic N) is 1. The molecule has 1 heterocycles. The van der Waals surface area contributed by atoms with Gasteiger partial charge in [0.2, 0.25) is 0 Å². The summed E-state index contributed by atoms with van der Waals surface area (Å²) < 4.78 is 10.9. The van der Waals surface area contributed by atoms with E-state index < -0.39 is 0 Å². The molecule has 0 aliphatic carbocycles. The van der Waals surface area contributed by atoms with Crippen LogP contribution in [0.25, 0.3) is 0 Å². The van der Waals surface area contributed by atoms with Crippen molar-refractivity contribution in [1.82, 2.24) is 10.2 Å². The van der Waals surface area contributed by atoms with Crippen molar-refractivity contribution in [1.29, 1.82) is 0 Å². The average molecular weight is 286 g/mol. The minimum atomic E-state index is 0.789. The highest BCUT2D eigenvalue weighted by molar-refractivity contribution is 4.71. The van der Waals surface area contributed by atoms with Crippen LogP contribution in [0.2, 0.25) is 0 Å². The Hall–Kier alpha value is -0.160. The molecular formula is C16H34N2O2. The molecule has 0 atom stereocenters. The molecule has 0 bridgehead atoms. The van der Waals surface area contributed by atoms with Gasteiger partial charge in [-0.3, -0.25) is 0 Å². The number of hydrogen-bond donors (Lipinski definition) is 1. The lowest BCUT2D eigenvalue weighted by Crippen LogP contribution is -2.35. The third-order valence-electron chi connectivity index (χ3n) is 4.09. The highest BCUT2D eigenvalue weighted by atomic mass is 16.5. The predicted molar refractivity (Wildman–Crippen MR) is 84.3 cm³/mol. The molecule has 1 fully saturated rings. The molecule has 4 nitrogen and oxygen atoms in total. The number of hydrogen-bond acceptors (Lipinski definition) is 4. The first kappa shape index (κ1) is 17.9. The molecule has 1 aliphatic heterocycles. The SMILES string of the molecule is CNCCCCOCCCCN1CCC(COC)CC1. The van der Waals surface area contributed by atoms with E-state index in [1.807, 2.05) is 14.2 Å². The van der Waals surface area contributed by atoms with Gasteiger partial charge >= 0.3 is 0 Å². The van der Waals surface area contributed by atoms with Crippen LogP contribution in [-0.2, 0) is 9.47 Å². The maximum absolute atomic E-state index is 5.66. The summed E-state index contributed by atoms with van der Waals surface area (Å²) in [5.74, 6) is 0.789. The molecule has 0 radical (unpaired) electrons. The average Bonchev–Trinajstić information content (AvgIpc) is 2.47. The molecule has 4 heteroatoms. The van der Waals surface area contributed by atoms with E-state index in [1.165, 1.54) is 58.2 Å². The zero-order valence-electron chi connectivity index (χ0n) is 13.5.